The molecule has 0 aliphatic rings. The Bertz CT molecular complexity index is 616. The molecule has 0 saturated heterocycles. The van der Waals surface area contributed by atoms with Crippen LogP contribution in [0.1, 0.15) is 25.3 Å². The normalized spacial score (nSPS) is 11.2. The summed E-state index contributed by atoms with van der Waals surface area (Å²) in [4.78, 5) is 7.74. The predicted molar refractivity (Wildman–Crippen MR) is 78.1 cm³/mol. The zero-order chi connectivity index (χ0) is 13.3. The van der Waals surface area contributed by atoms with Crippen molar-refractivity contribution in [2.24, 2.45) is 5.92 Å². The van der Waals surface area contributed by atoms with E-state index in [1.54, 1.807) is 6.26 Å². The van der Waals surface area contributed by atoms with Gasteiger partial charge in [-0.05, 0) is 41.3 Å². The van der Waals surface area contributed by atoms with Gasteiger partial charge in [0.05, 0.1) is 16.3 Å². The maximum atomic E-state index is 5.30. The fourth-order valence-corrected chi connectivity index (χ4v) is 2.38. The molecule has 0 aliphatic carbocycles. The Morgan fingerprint density at radius 3 is 2.78 bits per heavy atom. The molecular weight excluding hydrogens is 312 g/mol. The quantitative estimate of drug-likeness (QED) is 0.833. The molecule has 0 unspecified atom stereocenters. The fraction of sp³-hybridized carbons (Fsp3) is 0.385. The molecule has 0 aromatic carbocycles. The van der Waals surface area contributed by atoms with Crippen LogP contribution in [0.15, 0.2) is 21.2 Å². The minimum Gasteiger partial charge on any atom is -0.469 e. The monoisotopic (exact) mass is 326 g/mol. The summed E-state index contributed by atoms with van der Waals surface area (Å²) in [5.74, 6) is 2.16. The van der Waals surface area contributed by atoms with Crippen LogP contribution >= 0.6 is 28.1 Å². The lowest BCUT2D eigenvalue weighted by Crippen LogP contribution is -2.02. The highest BCUT2D eigenvalue weighted by Crippen LogP contribution is 2.25. The van der Waals surface area contributed by atoms with Crippen LogP contribution in [-0.4, -0.2) is 9.97 Å². The number of nitrogens with one attached hydrogen (secondary N) is 1. The predicted octanol–water partition coefficient (Wildman–Crippen LogP) is 4.67. The van der Waals surface area contributed by atoms with Crippen molar-refractivity contribution in [3.8, 4) is 11.4 Å². The Hall–Kier alpha value is -0.940. The smallest absolute Gasteiger partial charge is 0.144 e. The molecule has 0 spiro atoms. The molecular formula is C13H15BrN2OS. The van der Waals surface area contributed by atoms with Crippen LogP contribution in [0.3, 0.4) is 0 Å². The van der Waals surface area contributed by atoms with Gasteiger partial charge in [0.1, 0.15) is 16.2 Å². The van der Waals surface area contributed by atoms with Crippen molar-refractivity contribution in [1.82, 2.24) is 9.97 Å². The number of nitrogens with zero attached hydrogens (tertiary/aromatic N) is 1. The lowest BCUT2D eigenvalue weighted by Gasteiger charge is -2.10. The molecule has 2 aromatic rings. The Balaban J connectivity index is 2.54. The van der Waals surface area contributed by atoms with E-state index < -0.39 is 0 Å². The van der Waals surface area contributed by atoms with E-state index in [1.807, 2.05) is 13.0 Å². The van der Waals surface area contributed by atoms with Gasteiger partial charge in [0, 0.05) is 5.69 Å². The van der Waals surface area contributed by atoms with Gasteiger partial charge < -0.3 is 9.40 Å². The van der Waals surface area contributed by atoms with Crippen LogP contribution in [0.5, 0.6) is 0 Å². The highest BCUT2D eigenvalue weighted by atomic mass is 79.9. The molecule has 2 aromatic heterocycles. The Morgan fingerprint density at radius 1 is 1.50 bits per heavy atom. The van der Waals surface area contributed by atoms with Crippen molar-refractivity contribution >= 4 is 28.1 Å². The minimum atomic E-state index is 0.549. The van der Waals surface area contributed by atoms with Crippen molar-refractivity contribution < 1.29 is 4.42 Å². The number of H-pyrrole nitrogens is 1. The SMILES string of the molecule is Cc1occc1-c1nc(=S)c(Br)c(CC(C)C)[nH]1. The second-order valence-corrected chi connectivity index (χ2v) is 5.85. The van der Waals surface area contributed by atoms with Gasteiger partial charge >= 0.3 is 0 Å². The summed E-state index contributed by atoms with van der Waals surface area (Å²) < 4.78 is 6.77. The molecule has 3 nitrogen and oxygen atoms in total. The number of aryl methyl sites for hydroxylation is 1. The zero-order valence-electron chi connectivity index (χ0n) is 10.6. The van der Waals surface area contributed by atoms with E-state index in [-0.39, 0.29) is 0 Å². The molecule has 0 bridgehead atoms. The second kappa shape index (κ2) is 5.36. The van der Waals surface area contributed by atoms with Crippen molar-refractivity contribution in [3.63, 3.8) is 0 Å². The number of aromatic nitrogens is 2. The van der Waals surface area contributed by atoms with Crippen molar-refractivity contribution in [3.05, 3.63) is 32.9 Å². The van der Waals surface area contributed by atoms with Crippen LogP contribution < -0.4 is 0 Å². The van der Waals surface area contributed by atoms with Gasteiger partial charge in [0.25, 0.3) is 0 Å². The first-order valence-corrected chi connectivity index (χ1v) is 7.02. The van der Waals surface area contributed by atoms with E-state index in [4.69, 9.17) is 16.6 Å². The van der Waals surface area contributed by atoms with Gasteiger partial charge in [0.15, 0.2) is 0 Å². The van der Waals surface area contributed by atoms with E-state index in [0.29, 0.717) is 10.6 Å². The average molecular weight is 327 g/mol. The Morgan fingerprint density at radius 2 is 2.22 bits per heavy atom. The summed E-state index contributed by atoms with van der Waals surface area (Å²) in [5.41, 5.74) is 2.04. The van der Waals surface area contributed by atoms with Gasteiger partial charge in [-0.25, -0.2) is 4.98 Å². The minimum absolute atomic E-state index is 0.549. The maximum Gasteiger partial charge on any atom is 0.144 e. The van der Waals surface area contributed by atoms with Crippen LogP contribution in [-0.2, 0) is 6.42 Å². The largest absolute Gasteiger partial charge is 0.469 e. The molecule has 0 amide bonds. The van der Waals surface area contributed by atoms with Gasteiger partial charge in [0.2, 0.25) is 0 Å². The maximum absolute atomic E-state index is 5.30. The van der Waals surface area contributed by atoms with Gasteiger partial charge in [-0.15, -0.1) is 0 Å². The molecule has 5 heteroatoms. The summed E-state index contributed by atoms with van der Waals surface area (Å²) in [6.45, 7) is 6.26. The van der Waals surface area contributed by atoms with Crippen molar-refractivity contribution in [1.29, 1.82) is 0 Å². The van der Waals surface area contributed by atoms with Gasteiger partial charge in [-0.2, -0.15) is 0 Å². The molecule has 0 radical (unpaired) electrons. The molecule has 18 heavy (non-hydrogen) atoms. The Labute approximate surface area is 120 Å². The first-order valence-electron chi connectivity index (χ1n) is 5.82. The number of hydrogen-bond acceptors (Lipinski definition) is 3. The first kappa shape index (κ1) is 13.5. The van der Waals surface area contributed by atoms with Crippen LogP contribution in [0, 0.1) is 17.5 Å². The number of hydrogen-bond donors (Lipinski definition) is 1. The van der Waals surface area contributed by atoms with Crippen molar-refractivity contribution in [2.45, 2.75) is 27.2 Å². The summed E-state index contributed by atoms with van der Waals surface area (Å²) >= 11 is 8.79. The second-order valence-electron chi connectivity index (χ2n) is 4.67. The zero-order valence-corrected chi connectivity index (χ0v) is 13.0. The number of aromatic amines is 1. The summed E-state index contributed by atoms with van der Waals surface area (Å²) in [6.07, 6.45) is 2.59. The highest BCUT2D eigenvalue weighted by Gasteiger charge is 2.12. The number of halogens is 1. The molecule has 96 valence electrons. The third-order valence-electron chi connectivity index (χ3n) is 2.66. The average Bonchev–Trinajstić information content (AvgIpc) is 2.70. The summed E-state index contributed by atoms with van der Waals surface area (Å²) in [5, 5.41) is 0. The van der Waals surface area contributed by atoms with Crippen LogP contribution in [0.2, 0.25) is 0 Å². The molecule has 2 heterocycles. The van der Waals surface area contributed by atoms with E-state index in [9.17, 15) is 0 Å². The highest BCUT2D eigenvalue weighted by molar-refractivity contribution is 9.10. The van der Waals surface area contributed by atoms with E-state index in [1.165, 1.54) is 0 Å². The lowest BCUT2D eigenvalue weighted by molar-refractivity contribution is 0.535. The lowest BCUT2D eigenvalue weighted by atomic mass is 10.1. The van der Waals surface area contributed by atoms with Crippen LogP contribution in [0.4, 0.5) is 0 Å². The number of furan rings is 1. The van der Waals surface area contributed by atoms with Gasteiger partial charge in [-0.1, -0.05) is 26.1 Å². The topological polar surface area (TPSA) is 41.8 Å². The number of rotatable bonds is 3. The molecule has 0 fully saturated rings. The third kappa shape index (κ3) is 2.72. The van der Waals surface area contributed by atoms with Crippen LogP contribution in [0.25, 0.3) is 11.4 Å². The molecule has 0 saturated carbocycles. The summed E-state index contributed by atoms with van der Waals surface area (Å²) in [6, 6.07) is 1.90. The Kier molecular flexibility index (Phi) is 4.02. The molecule has 0 atom stereocenters. The first-order chi connectivity index (χ1) is 8.49. The van der Waals surface area contributed by atoms with E-state index >= 15 is 0 Å². The molecule has 2 rings (SSSR count). The molecule has 0 aliphatic heterocycles. The fourth-order valence-electron chi connectivity index (χ4n) is 1.81. The third-order valence-corrected chi connectivity index (χ3v) is 4.07. The van der Waals surface area contributed by atoms with E-state index in [2.05, 4.69) is 39.7 Å². The van der Waals surface area contributed by atoms with E-state index in [0.717, 1.165) is 33.7 Å². The summed E-state index contributed by atoms with van der Waals surface area (Å²) in [7, 11) is 0. The van der Waals surface area contributed by atoms with Crippen molar-refractivity contribution in [2.75, 3.05) is 0 Å². The van der Waals surface area contributed by atoms with Gasteiger partial charge in [-0.3, -0.25) is 0 Å². The molecule has 1 N–H and O–H groups in total. The standard InChI is InChI=1S/C13H15BrN2OS/c1-7(2)6-10-11(14)13(18)16-12(15-10)9-4-5-17-8(9)3/h4-5,7H,6H2,1-3H3,(H,15,16,18).